The first-order valence-electron chi connectivity index (χ1n) is 7.22. The number of carbonyl (C=O) groups is 1. The Hall–Kier alpha value is -2.15. The molecule has 0 aromatic heterocycles. The van der Waals surface area contributed by atoms with Gasteiger partial charge in [0.05, 0.1) is 17.9 Å². The van der Waals surface area contributed by atoms with Gasteiger partial charge in [-0.15, -0.1) is 0 Å². The molecule has 3 rings (SSSR count). The van der Waals surface area contributed by atoms with E-state index in [-0.39, 0.29) is 24.6 Å². The molecule has 1 amide bonds. The van der Waals surface area contributed by atoms with E-state index in [1.54, 1.807) is 12.1 Å². The summed E-state index contributed by atoms with van der Waals surface area (Å²) in [6, 6.07) is 4.93. The van der Waals surface area contributed by atoms with Crippen LogP contribution in [-0.4, -0.2) is 43.7 Å². The lowest BCUT2D eigenvalue weighted by Crippen LogP contribution is -2.45. The van der Waals surface area contributed by atoms with Gasteiger partial charge in [-0.3, -0.25) is 0 Å². The number of hydrazone groups is 1. The van der Waals surface area contributed by atoms with E-state index in [2.05, 4.69) is 10.5 Å². The van der Waals surface area contributed by atoms with Crippen molar-refractivity contribution in [3.8, 4) is 0 Å². The quantitative estimate of drug-likeness (QED) is 0.906. The highest BCUT2D eigenvalue weighted by Crippen LogP contribution is 2.25. The van der Waals surface area contributed by atoms with E-state index in [4.69, 9.17) is 9.47 Å². The van der Waals surface area contributed by atoms with E-state index in [0.29, 0.717) is 30.1 Å². The number of cyclic esters (lactones) is 1. The molecule has 1 aromatic rings. The van der Waals surface area contributed by atoms with E-state index in [9.17, 15) is 9.18 Å². The van der Waals surface area contributed by atoms with Crippen molar-refractivity contribution in [3.05, 3.63) is 29.6 Å². The molecular weight excluding hydrogens is 289 g/mol. The van der Waals surface area contributed by atoms with Crippen LogP contribution in [0.5, 0.6) is 0 Å². The van der Waals surface area contributed by atoms with Crippen molar-refractivity contribution in [1.29, 1.82) is 0 Å². The second-order valence-electron chi connectivity index (χ2n) is 5.57. The number of hydrogen-bond donors (Lipinski definition) is 1. The van der Waals surface area contributed by atoms with Gasteiger partial charge in [-0.1, -0.05) is 6.07 Å². The molecule has 1 N–H and O–H groups in total. The summed E-state index contributed by atoms with van der Waals surface area (Å²) in [4.78, 5) is 12.9. The van der Waals surface area contributed by atoms with Crippen LogP contribution >= 0.6 is 0 Å². The molecule has 2 atom stereocenters. The van der Waals surface area contributed by atoms with E-state index in [0.717, 1.165) is 0 Å². The molecule has 118 valence electrons. The smallest absolute Gasteiger partial charge is 0.428 e. The number of ether oxygens (including phenoxy) is 2. The van der Waals surface area contributed by atoms with Crippen LogP contribution < -0.4 is 10.3 Å². The highest BCUT2D eigenvalue weighted by atomic mass is 19.1. The summed E-state index contributed by atoms with van der Waals surface area (Å²) in [6.07, 6.45) is -0.472. The summed E-state index contributed by atoms with van der Waals surface area (Å²) in [5.74, 6) is -0.321. The number of morpholine rings is 1. The number of anilines is 1. The summed E-state index contributed by atoms with van der Waals surface area (Å²) < 4.78 is 25.0. The van der Waals surface area contributed by atoms with E-state index < -0.39 is 6.09 Å². The molecule has 0 bridgehead atoms. The lowest BCUT2D eigenvalue weighted by atomic mass is 10.1. The van der Waals surface area contributed by atoms with Crippen molar-refractivity contribution >= 4 is 17.5 Å². The molecule has 22 heavy (non-hydrogen) atoms. The summed E-state index contributed by atoms with van der Waals surface area (Å²) in [6.45, 7) is 5.30. The Labute approximate surface area is 127 Å². The number of nitrogens with one attached hydrogen (secondary N) is 1. The van der Waals surface area contributed by atoms with Crippen molar-refractivity contribution in [1.82, 2.24) is 5.43 Å². The average Bonchev–Trinajstić information content (AvgIpc) is 2.46. The highest BCUT2D eigenvalue weighted by molar-refractivity contribution is 6.03. The van der Waals surface area contributed by atoms with Crippen LogP contribution in [0, 0.1) is 5.82 Å². The van der Waals surface area contributed by atoms with Gasteiger partial charge in [-0.2, -0.15) is 5.10 Å². The first kappa shape index (κ1) is 14.8. The molecule has 0 spiro atoms. The van der Waals surface area contributed by atoms with Crippen molar-refractivity contribution < 1.29 is 18.7 Å². The largest absolute Gasteiger partial charge is 0.442 e. The zero-order valence-electron chi connectivity index (χ0n) is 12.5. The monoisotopic (exact) mass is 307 g/mol. The number of amides is 1. The Morgan fingerprint density at radius 2 is 2.05 bits per heavy atom. The van der Waals surface area contributed by atoms with E-state index >= 15 is 0 Å². The van der Waals surface area contributed by atoms with Gasteiger partial charge >= 0.3 is 6.09 Å². The molecule has 0 aliphatic carbocycles. The first-order chi connectivity index (χ1) is 10.5. The van der Waals surface area contributed by atoms with Crippen LogP contribution in [0.4, 0.5) is 14.9 Å². The third kappa shape index (κ3) is 3.04. The van der Waals surface area contributed by atoms with Gasteiger partial charge in [0.15, 0.2) is 0 Å². The number of carbonyl (C=O) groups excluding carboxylic acids is 1. The van der Waals surface area contributed by atoms with Gasteiger partial charge in [0.1, 0.15) is 18.1 Å². The Morgan fingerprint density at radius 1 is 1.32 bits per heavy atom. The lowest BCUT2D eigenvalue weighted by molar-refractivity contribution is -0.00539. The molecule has 2 aliphatic rings. The van der Waals surface area contributed by atoms with Crippen LogP contribution in [0.25, 0.3) is 0 Å². The van der Waals surface area contributed by atoms with Gasteiger partial charge in [-0.05, 0) is 26.0 Å². The topological polar surface area (TPSA) is 63.2 Å². The predicted octanol–water partition coefficient (Wildman–Crippen LogP) is 1.88. The molecule has 7 heteroatoms. The lowest BCUT2D eigenvalue weighted by Gasteiger charge is -2.37. The normalized spacial score (nSPS) is 25.3. The molecule has 1 fully saturated rings. The van der Waals surface area contributed by atoms with Gasteiger partial charge in [0, 0.05) is 18.7 Å². The van der Waals surface area contributed by atoms with Gasteiger partial charge in [0.25, 0.3) is 0 Å². The third-order valence-corrected chi connectivity index (χ3v) is 3.66. The second-order valence-corrected chi connectivity index (χ2v) is 5.57. The Kier molecular flexibility index (Phi) is 3.98. The fraction of sp³-hybridized carbons (Fsp3) is 0.467. The zero-order chi connectivity index (χ0) is 15.7. The summed E-state index contributed by atoms with van der Waals surface area (Å²) in [5.41, 5.74) is 3.85. The molecule has 2 unspecified atom stereocenters. The molecular formula is C15H18FN3O3. The summed E-state index contributed by atoms with van der Waals surface area (Å²) in [7, 11) is 0. The fourth-order valence-electron chi connectivity index (χ4n) is 2.78. The number of halogens is 1. The maximum atomic E-state index is 14.5. The van der Waals surface area contributed by atoms with Crippen molar-refractivity contribution in [3.63, 3.8) is 0 Å². The van der Waals surface area contributed by atoms with Crippen LogP contribution in [0.15, 0.2) is 23.3 Å². The standard InChI is InChI=1S/C15H18FN3O3/c1-9-6-19(7-10(2)22-9)14-4-3-11(5-12(14)16)13-8-21-15(20)18-17-13/h3-5,9-10H,6-8H2,1-2H3,(H,18,20). The van der Waals surface area contributed by atoms with Crippen LogP contribution in [0.3, 0.4) is 0 Å². The molecule has 2 aliphatic heterocycles. The zero-order valence-corrected chi connectivity index (χ0v) is 12.5. The average molecular weight is 307 g/mol. The Balaban J connectivity index is 1.82. The summed E-state index contributed by atoms with van der Waals surface area (Å²) >= 11 is 0. The number of hydrogen-bond acceptors (Lipinski definition) is 5. The highest BCUT2D eigenvalue weighted by Gasteiger charge is 2.25. The van der Waals surface area contributed by atoms with E-state index in [1.807, 2.05) is 18.7 Å². The predicted molar refractivity (Wildman–Crippen MR) is 79.6 cm³/mol. The minimum Gasteiger partial charge on any atom is -0.442 e. The third-order valence-electron chi connectivity index (χ3n) is 3.66. The van der Waals surface area contributed by atoms with Gasteiger partial charge in [-0.25, -0.2) is 14.6 Å². The molecule has 1 aromatic carbocycles. The molecule has 0 saturated carbocycles. The number of benzene rings is 1. The minimum absolute atomic E-state index is 0.0379. The van der Waals surface area contributed by atoms with Crippen molar-refractivity contribution in [2.24, 2.45) is 5.10 Å². The van der Waals surface area contributed by atoms with E-state index in [1.165, 1.54) is 6.07 Å². The Bertz CT molecular complexity index is 610. The first-order valence-corrected chi connectivity index (χ1v) is 7.22. The SMILES string of the molecule is CC1CN(c2ccc(C3=NNC(=O)OC3)cc2F)CC(C)O1. The maximum absolute atomic E-state index is 14.5. The molecule has 6 nitrogen and oxygen atoms in total. The van der Waals surface area contributed by atoms with Crippen molar-refractivity contribution in [2.75, 3.05) is 24.6 Å². The van der Waals surface area contributed by atoms with Crippen LogP contribution in [0.2, 0.25) is 0 Å². The molecule has 0 radical (unpaired) electrons. The van der Waals surface area contributed by atoms with Crippen molar-refractivity contribution in [2.45, 2.75) is 26.1 Å². The fourth-order valence-corrected chi connectivity index (χ4v) is 2.78. The number of rotatable bonds is 2. The molecule has 2 heterocycles. The maximum Gasteiger partial charge on any atom is 0.428 e. The Morgan fingerprint density at radius 3 is 2.64 bits per heavy atom. The van der Waals surface area contributed by atoms with Gasteiger partial charge < -0.3 is 14.4 Å². The number of nitrogens with zero attached hydrogens (tertiary/aromatic N) is 2. The summed E-state index contributed by atoms with van der Waals surface area (Å²) in [5, 5.41) is 3.88. The van der Waals surface area contributed by atoms with Crippen LogP contribution in [0.1, 0.15) is 19.4 Å². The second kappa shape index (κ2) is 5.92. The van der Waals surface area contributed by atoms with Gasteiger partial charge in [0.2, 0.25) is 0 Å². The minimum atomic E-state index is -0.600. The molecule has 1 saturated heterocycles. The van der Waals surface area contributed by atoms with Crippen LogP contribution in [-0.2, 0) is 9.47 Å².